The summed E-state index contributed by atoms with van der Waals surface area (Å²) in [6.45, 7) is 2.36. The molecule has 1 aromatic carbocycles. The van der Waals surface area contributed by atoms with Gasteiger partial charge in [0.2, 0.25) is 15.9 Å². The van der Waals surface area contributed by atoms with Crippen LogP contribution in [0.15, 0.2) is 29.2 Å². The lowest BCUT2D eigenvalue weighted by Crippen LogP contribution is -2.44. The van der Waals surface area contributed by atoms with E-state index in [9.17, 15) is 13.2 Å². The van der Waals surface area contributed by atoms with Gasteiger partial charge >= 0.3 is 0 Å². The van der Waals surface area contributed by atoms with Crippen molar-refractivity contribution in [2.75, 3.05) is 6.54 Å². The zero-order valence-corrected chi connectivity index (χ0v) is 12.3. The molecule has 0 fully saturated rings. The minimum atomic E-state index is -3.74. The molecule has 7 heteroatoms. The normalized spacial score (nSPS) is 13.1. The fourth-order valence-corrected chi connectivity index (χ4v) is 2.96. The van der Waals surface area contributed by atoms with E-state index in [1.807, 2.05) is 6.92 Å². The predicted molar refractivity (Wildman–Crippen MR) is 77.4 cm³/mol. The lowest BCUT2D eigenvalue weighted by Gasteiger charge is -2.15. The average molecular weight is 299 g/mol. The van der Waals surface area contributed by atoms with Gasteiger partial charge in [-0.1, -0.05) is 24.1 Å². The van der Waals surface area contributed by atoms with Gasteiger partial charge in [0, 0.05) is 0 Å². The maximum absolute atomic E-state index is 12.1. The number of hydrogen-bond acceptors (Lipinski definition) is 4. The molecular formula is C13H21N3O3S. The van der Waals surface area contributed by atoms with Gasteiger partial charge in [-0.3, -0.25) is 4.79 Å². The maximum Gasteiger partial charge on any atom is 0.241 e. The highest BCUT2D eigenvalue weighted by Crippen LogP contribution is 2.12. The van der Waals surface area contributed by atoms with Crippen LogP contribution in [0.5, 0.6) is 0 Å². The number of carbonyl (C=O) groups excluding carboxylic acids is 1. The zero-order chi connectivity index (χ0) is 15.2. The molecule has 0 aliphatic heterocycles. The van der Waals surface area contributed by atoms with Crippen molar-refractivity contribution in [3.63, 3.8) is 0 Å². The van der Waals surface area contributed by atoms with E-state index in [-0.39, 0.29) is 4.90 Å². The van der Waals surface area contributed by atoms with Gasteiger partial charge in [0.1, 0.15) is 6.04 Å². The summed E-state index contributed by atoms with van der Waals surface area (Å²) in [6, 6.07) is 5.48. The molecule has 1 atom stereocenters. The standard InChI is InChI=1S/C13H21N3O3S/c1-10-5-7-11(8-6-10)20(18,19)16-12(13(15)17)4-2-3-9-14/h5-8,12,16H,2-4,9,14H2,1H3,(H2,15,17). The molecule has 20 heavy (non-hydrogen) atoms. The van der Waals surface area contributed by atoms with Gasteiger partial charge in [0.15, 0.2) is 0 Å². The van der Waals surface area contributed by atoms with Crippen LogP contribution < -0.4 is 16.2 Å². The third-order valence-electron chi connectivity index (χ3n) is 2.92. The molecule has 0 aromatic heterocycles. The molecule has 1 amide bonds. The first-order chi connectivity index (χ1) is 9.36. The Balaban J connectivity index is 2.80. The highest BCUT2D eigenvalue weighted by atomic mass is 32.2. The number of rotatable bonds is 8. The Labute approximate surface area is 119 Å². The van der Waals surface area contributed by atoms with Crippen LogP contribution in [0.25, 0.3) is 0 Å². The van der Waals surface area contributed by atoms with E-state index in [1.165, 1.54) is 12.1 Å². The number of hydrogen-bond donors (Lipinski definition) is 3. The lowest BCUT2D eigenvalue weighted by molar-refractivity contribution is -0.119. The second-order valence-electron chi connectivity index (χ2n) is 4.67. The first-order valence-electron chi connectivity index (χ1n) is 6.45. The quantitative estimate of drug-likeness (QED) is 0.597. The van der Waals surface area contributed by atoms with Crippen molar-refractivity contribution in [1.82, 2.24) is 4.72 Å². The van der Waals surface area contributed by atoms with Gasteiger partial charge in [-0.25, -0.2) is 8.42 Å². The number of carbonyl (C=O) groups is 1. The molecule has 0 saturated heterocycles. The van der Waals surface area contributed by atoms with Gasteiger partial charge in [0.05, 0.1) is 4.90 Å². The third-order valence-corrected chi connectivity index (χ3v) is 4.41. The van der Waals surface area contributed by atoms with E-state index >= 15 is 0 Å². The molecular weight excluding hydrogens is 278 g/mol. The van der Waals surface area contributed by atoms with Gasteiger partial charge < -0.3 is 11.5 Å². The Morgan fingerprint density at radius 3 is 2.35 bits per heavy atom. The van der Waals surface area contributed by atoms with Crippen LogP contribution in [0, 0.1) is 6.92 Å². The third kappa shape index (κ3) is 4.92. The summed E-state index contributed by atoms with van der Waals surface area (Å²) in [5.74, 6) is -0.683. The predicted octanol–water partition coefficient (Wildman–Crippen LogP) is 0.256. The Bertz CT molecular complexity index is 540. The molecule has 112 valence electrons. The molecule has 1 rings (SSSR count). The fraction of sp³-hybridized carbons (Fsp3) is 0.462. The van der Waals surface area contributed by atoms with E-state index in [4.69, 9.17) is 11.5 Å². The number of nitrogens with two attached hydrogens (primary N) is 2. The Morgan fingerprint density at radius 2 is 1.85 bits per heavy atom. The summed E-state index contributed by atoms with van der Waals surface area (Å²) < 4.78 is 26.6. The van der Waals surface area contributed by atoms with E-state index < -0.39 is 22.0 Å². The van der Waals surface area contributed by atoms with E-state index in [0.717, 1.165) is 12.0 Å². The summed E-state index contributed by atoms with van der Waals surface area (Å²) >= 11 is 0. The van der Waals surface area contributed by atoms with Crippen LogP contribution in [0.4, 0.5) is 0 Å². The number of unbranched alkanes of at least 4 members (excludes halogenated alkanes) is 1. The number of sulfonamides is 1. The number of primary amides is 1. The topological polar surface area (TPSA) is 115 Å². The maximum atomic E-state index is 12.1. The number of nitrogens with one attached hydrogen (secondary N) is 1. The molecule has 0 radical (unpaired) electrons. The van der Waals surface area contributed by atoms with Gasteiger partial charge in [-0.05, 0) is 38.4 Å². The van der Waals surface area contributed by atoms with E-state index in [2.05, 4.69) is 4.72 Å². The largest absolute Gasteiger partial charge is 0.368 e. The van der Waals surface area contributed by atoms with Gasteiger partial charge in [-0.15, -0.1) is 0 Å². The molecule has 0 heterocycles. The minimum Gasteiger partial charge on any atom is -0.368 e. The first-order valence-corrected chi connectivity index (χ1v) is 7.93. The van der Waals surface area contributed by atoms with Gasteiger partial charge in [0.25, 0.3) is 0 Å². The van der Waals surface area contributed by atoms with Crippen molar-refractivity contribution in [2.24, 2.45) is 11.5 Å². The van der Waals surface area contributed by atoms with Crippen molar-refractivity contribution in [3.05, 3.63) is 29.8 Å². The van der Waals surface area contributed by atoms with Crippen molar-refractivity contribution in [2.45, 2.75) is 37.1 Å². The Morgan fingerprint density at radius 1 is 1.25 bits per heavy atom. The van der Waals surface area contributed by atoms with Crippen molar-refractivity contribution >= 4 is 15.9 Å². The highest BCUT2D eigenvalue weighted by molar-refractivity contribution is 7.89. The molecule has 1 aromatic rings. The van der Waals surface area contributed by atoms with Crippen molar-refractivity contribution in [1.29, 1.82) is 0 Å². The van der Waals surface area contributed by atoms with Crippen LogP contribution in [-0.4, -0.2) is 26.9 Å². The minimum absolute atomic E-state index is 0.119. The highest BCUT2D eigenvalue weighted by Gasteiger charge is 2.23. The van der Waals surface area contributed by atoms with Gasteiger partial charge in [-0.2, -0.15) is 4.72 Å². The average Bonchev–Trinajstić information content (AvgIpc) is 2.38. The monoisotopic (exact) mass is 299 g/mol. The molecule has 0 spiro atoms. The number of aryl methyl sites for hydroxylation is 1. The van der Waals surface area contributed by atoms with Crippen LogP contribution in [-0.2, 0) is 14.8 Å². The van der Waals surface area contributed by atoms with Crippen molar-refractivity contribution < 1.29 is 13.2 Å². The Hall–Kier alpha value is -1.44. The number of benzene rings is 1. The molecule has 6 nitrogen and oxygen atoms in total. The fourth-order valence-electron chi connectivity index (χ4n) is 1.72. The summed E-state index contributed by atoms with van der Waals surface area (Å²) in [6.07, 6.45) is 1.70. The summed E-state index contributed by atoms with van der Waals surface area (Å²) in [4.78, 5) is 11.4. The molecule has 0 aliphatic rings. The molecule has 5 N–H and O–H groups in total. The molecule has 0 aliphatic carbocycles. The SMILES string of the molecule is Cc1ccc(S(=O)(=O)NC(CCCCN)C(N)=O)cc1. The zero-order valence-electron chi connectivity index (χ0n) is 11.5. The van der Waals surface area contributed by atoms with Crippen LogP contribution >= 0.6 is 0 Å². The Kier molecular flexibility index (Phi) is 6.12. The van der Waals surface area contributed by atoms with E-state index in [0.29, 0.717) is 19.4 Å². The van der Waals surface area contributed by atoms with Crippen molar-refractivity contribution in [3.8, 4) is 0 Å². The number of amides is 1. The van der Waals surface area contributed by atoms with Crippen LogP contribution in [0.1, 0.15) is 24.8 Å². The summed E-state index contributed by atoms with van der Waals surface area (Å²) in [5.41, 5.74) is 11.6. The van der Waals surface area contributed by atoms with Crippen LogP contribution in [0.3, 0.4) is 0 Å². The summed E-state index contributed by atoms with van der Waals surface area (Å²) in [5, 5.41) is 0. The molecule has 0 saturated carbocycles. The van der Waals surface area contributed by atoms with E-state index in [1.54, 1.807) is 12.1 Å². The van der Waals surface area contributed by atoms with Crippen LogP contribution in [0.2, 0.25) is 0 Å². The lowest BCUT2D eigenvalue weighted by atomic mass is 10.1. The second-order valence-corrected chi connectivity index (χ2v) is 6.39. The molecule has 0 bridgehead atoms. The smallest absolute Gasteiger partial charge is 0.241 e. The molecule has 1 unspecified atom stereocenters. The first kappa shape index (κ1) is 16.6. The summed E-state index contributed by atoms with van der Waals surface area (Å²) in [7, 11) is -3.74. The second kappa shape index (κ2) is 7.37.